The van der Waals surface area contributed by atoms with Crippen LogP contribution < -0.4 is 0 Å². The highest BCUT2D eigenvalue weighted by Crippen LogP contribution is 2.34. The van der Waals surface area contributed by atoms with Gasteiger partial charge in [-0.15, -0.1) is 11.3 Å². The molecule has 4 aromatic rings. The average molecular weight is 512 g/mol. The second-order valence-corrected chi connectivity index (χ2v) is 9.86. The number of amides is 1. The van der Waals surface area contributed by atoms with Crippen LogP contribution in [0.5, 0.6) is 0 Å². The number of aromatic nitrogens is 1. The van der Waals surface area contributed by atoms with Gasteiger partial charge in [0.25, 0.3) is 5.91 Å². The summed E-state index contributed by atoms with van der Waals surface area (Å²) in [6, 6.07) is 19.0. The van der Waals surface area contributed by atoms with Gasteiger partial charge in [-0.1, -0.05) is 42.5 Å². The minimum Gasteiger partial charge on any atom is -0.335 e. The van der Waals surface area contributed by atoms with Gasteiger partial charge in [-0.3, -0.25) is 9.69 Å². The van der Waals surface area contributed by atoms with Crippen molar-refractivity contribution in [2.45, 2.75) is 13.1 Å². The normalized spacial score (nSPS) is 14.9. The smallest absolute Gasteiger partial charge is 0.270 e. The highest BCUT2D eigenvalue weighted by molar-refractivity contribution is 9.10. The van der Waals surface area contributed by atoms with Crippen molar-refractivity contribution in [3.63, 3.8) is 0 Å². The quantitative estimate of drug-likeness (QED) is 0.348. The molecule has 0 saturated carbocycles. The lowest BCUT2D eigenvalue weighted by molar-refractivity contribution is 0.0619. The van der Waals surface area contributed by atoms with Crippen LogP contribution in [0.1, 0.15) is 21.6 Å². The average Bonchev–Trinajstić information content (AvgIpc) is 3.34. The molecule has 1 aliphatic heterocycles. The van der Waals surface area contributed by atoms with E-state index in [2.05, 4.69) is 45.1 Å². The first kappa shape index (κ1) is 21.4. The van der Waals surface area contributed by atoms with Gasteiger partial charge in [0.1, 0.15) is 11.5 Å². The van der Waals surface area contributed by atoms with Gasteiger partial charge in [-0.05, 0) is 45.3 Å². The van der Waals surface area contributed by atoms with Crippen molar-refractivity contribution in [3.05, 3.63) is 93.2 Å². The molecule has 4 nitrogen and oxygen atoms in total. The van der Waals surface area contributed by atoms with Crippen molar-refractivity contribution >= 4 is 43.4 Å². The van der Waals surface area contributed by atoms with Crippen LogP contribution in [0.15, 0.2) is 70.5 Å². The Labute approximate surface area is 199 Å². The molecule has 0 radical (unpaired) electrons. The minimum absolute atomic E-state index is 0.0380. The lowest BCUT2D eigenvalue weighted by Crippen LogP contribution is -2.48. The lowest BCUT2D eigenvalue weighted by Gasteiger charge is -2.35. The van der Waals surface area contributed by atoms with Crippen molar-refractivity contribution in [1.82, 2.24) is 14.4 Å². The number of rotatable bonds is 5. The molecule has 7 heteroatoms. The molecule has 3 heterocycles. The number of carbonyl (C=O) groups is 1. The fourth-order valence-electron chi connectivity index (χ4n) is 4.30. The van der Waals surface area contributed by atoms with Crippen molar-refractivity contribution in [2.75, 3.05) is 26.2 Å². The maximum Gasteiger partial charge on any atom is 0.270 e. The highest BCUT2D eigenvalue weighted by atomic mass is 79.9. The largest absolute Gasteiger partial charge is 0.335 e. The number of piperazine rings is 1. The maximum atomic E-state index is 13.8. The van der Waals surface area contributed by atoms with Crippen LogP contribution in [0, 0.1) is 5.82 Å². The van der Waals surface area contributed by atoms with Gasteiger partial charge in [-0.2, -0.15) is 0 Å². The fourth-order valence-corrected chi connectivity index (χ4v) is 6.00. The van der Waals surface area contributed by atoms with Gasteiger partial charge in [0.2, 0.25) is 0 Å². The van der Waals surface area contributed by atoms with Crippen LogP contribution in [0.3, 0.4) is 0 Å². The van der Waals surface area contributed by atoms with Gasteiger partial charge in [0.05, 0.1) is 14.7 Å². The Bertz CT molecular complexity index is 1240. The van der Waals surface area contributed by atoms with E-state index in [0.717, 1.165) is 39.9 Å². The molecule has 164 valence electrons. The van der Waals surface area contributed by atoms with Crippen LogP contribution >= 0.6 is 27.3 Å². The molecule has 0 unspecified atom stereocenters. The summed E-state index contributed by atoms with van der Waals surface area (Å²) >= 11 is 5.23. The van der Waals surface area contributed by atoms with Crippen molar-refractivity contribution in [1.29, 1.82) is 0 Å². The maximum absolute atomic E-state index is 13.8. The van der Waals surface area contributed by atoms with Crippen molar-refractivity contribution in [3.8, 4) is 0 Å². The number of hydrogen-bond donors (Lipinski definition) is 0. The predicted molar refractivity (Wildman–Crippen MR) is 131 cm³/mol. The molecular formula is C25H23BrFN3OS. The van der Waals surface area contributed by atoms with E-state index in [1.165, 1.54) is 17.7 Å². The van der Waals surface area contributed by atoms with Crippen molar-refractivity contribution in [2.24, 2.45) is 0 Å². The van der Waals surface area contributed by atoms with Crippen LogP contribution in [-0.2, 0) is 13.1 Å². The van der Waals surface area contributed by atoms with Gasteiger partial charge in [-0.25, -0.2) is 4.39 Å². The number of carbonyl (C=O) groups excluding carboxylic acids is 1. The van der Waals surface area contributed by atoms with E-state index in [4.69, 9.17) is 0 Å². The number of thiophene rings is 1. The second-order valence-electron chi connectivity index (χ2n) is 8.10. The third-order valence-corrected chi connectivity index (χ3v) is 7.76. The van der Waals surface area contributed by atoms with E-state index in [0.29, 0.717) is 25.3 Å². The van der Waals surface area contributed by atoms with Gasteiger partial charge < -0.3 is 9.47 Å². The lowest BCUT2D eigenvalue weighted by atomic mass is 10.2. The number of fused-ring (bicyclic) bond motifs is 1. The Kier molecular flexibility index (Phi) is 6.13. The summed E-state index contributed by atoms with van der Waals surface area (Å²) in [5.41, 5.74) is 3.78. The van der Waals surface area contributed by atoms with Gasteiger partial charge >= 0.3 is 0 Å². The molecular weight excluding hydrogens is 489 g/mol. The molecule has 0 aliphatic carbocycles. The zero-order valence-corrected chi connectivity index (χ0v) is 19.9. The Morgan fingerprint density at radius 3 is 2.44 bits per heavy atom. The third-order valence-electron chi connectivity index (χ3n) is 5.93. The molecule has 1 fully saturated rings. The standard InChI is InChI=1S/C25H23BrFN3OS/c26-21-17-32-23-14-22(30(24(21)23)16-19-7-4-8-20(27)13-19)25(31)29-11-9-28(10-12-29)15-18-5-2-1-3-6-18/h1-8,13-14,17H,9-12,15-16H2. The van der Waals surface area contributed by atoms with E-state index < -0.39 is 0 Å². The number of nitrogens with zero attached hydrogens (tertiary/aromatic N) is 3. The molecule has 2 aromatic heterocycles. The van der Waals surface area contributed by atoms with E-state index in [1.807, 2.05) is 33.0 Å². The number of halogens is 2. The van der Waals surface area contributed by atoms with Crippen LogP contribution in [-0.4, -0.2) is 46.5 Å². The summed E-state index contributed by atoms with van der Waals surface area (Å²) < 4.78 is 17.8. The zero-order valence-electron chi connectivity index (χ0n) is 17.5. The Morgan fingerprint density at radius 1 is 0.938 bits per heavy atom. The third kappa shape index (κ3) is 4.37. The summed E-state index contributed by atoms with van der Waals surface area (Å²) in [5.74, 6) is -0.228. The summed E-state index contributed by atoms with van der Waals surface area (Å²) in [7, 11) is 0. The van der Waals surface area contributed by atoms with E-state index in [-0.39, 0.29) is 11.7 Å². The van der Waals surface area contributed by atoms with Crippen LogP contribution in [0.2, 0.25) is 0 Å². The monoisotopic (exact) mass is 511 g/mol. The molecule has 1 aliphatic rings. The summed E-state index contributed by atoms with van der Waals surface area (Å²) in [5, 5.41) is 2.03. The van der Waals surface area contributed by atoms with Crippen LogP contribution in [0.25, 0.3) is 10.2 Å². The highest BCUT2D eigenvalue weighted by Gasteiger charge is 2.26. The first-order valence-corrected chi connectivity index (χ1v) is 12.3. The summed E-state index contributed by atoms with van der Waals surface area (Å²) in [6.07, 6.45) is 0. The zero-order chi connectivity index (χ0) is 22.1. The SMILES string of the molecule is O=C(c1cc2scc(Br)c2n1Cc1cccc(F)c1)N1CCN(Cc2ccccc2)CC1. The predicted octanol–water partition coefficient (Wildman–Crippen LogP) is 5.61. The molecule has 0 bridgehead atoms. The molecule has 5 rings (SSSR count). The van der Waals surface area contributed by atoms with Gasteiger partial charge in [0.15, 0.2) is 0 Å². The summed E-state index contributed by atoms with van der Waals surface area (Å²) in [6.45, 7) is 4.46. The summed E-state index contributed by atoms with van der Waals surface area (Å²) in [4.78, 5) is 17.9. The number of benzene rings is 2. The van der Waals surface area contributed by atoms with E-state index in [1.54, 1.807) is 17.4 Å². The Morgan fingerprint density at radius 2 is 1.69 bits per heavy atom. The Balaban J connectivity index is 1.36. The molecule has 2 aromatic carbocycles. The fraction of sp³-hybridized carbons (Fsp3) is 0.240. The number of hydrogen-bond acceptors (Lipinski definition) is 3. The molecule has 1 saturated heterocycles. The first-order chi connectivity index (χ1) is 15.6. The molecule has 0 atom stereocenters. The van der Waals surface area contributed by atoms with Crippen molar-refractivity contribution < 1.29 is 9.18 Å². The van der Waals surface area contributed by atoms with Gasteiger partial charge in [0, 0.05) is 44.6 Å². The molecule has 1 amide bonds. The van der Waals surface area contributed by atoms with E-state index in [9.17, 15) is 9.18 Å². The molecule has 0 N–H and O–H groups in total. The second kappa shape index (κ2) is 9.17. The molecule has 0 spiro atoms. The van der Waals surface area contributed by atoms with E-state index >= 15 is 0 Å². The first-order valence-electron chi connectivity index (χ1n) is 10.6. The topological polar surface area (TPSA) is 28.5 Å². The Hall–Kier alpha value is -2.48. The minimum atomic E-state index is -0.266. The van der Waals surface area contributed by atoms with Crippen LogP contribution in [0.4, 0.5) is 4.39 Å². The molecule has 32 heavy (non-hydrogen) atoms.